The highest BCUT2D eigenvalue weighted by atomic mass is 35.5. The van der Waals surface area contributed by atoms with Gasteiger partial charge in [0.1, 0.15) is 5.02 Å². The van der Waals surface area contributed by atoms with Crippen LogP contribution in [0.5, 0.6) is 5.88 Å². The molecule has 4 nitrogen and oxygen atoms in total. The van der Waals surface area contributed by atoms with Gasteiger partial charge in [-0.25, -0.2) is 0 Å². The standard InChI is InChI=1S/C9H14ClN3O/c1-4-11-6(2)8-5-7(10)9(14-3)13-12-8/h5-6,11H,4H2,1-3H3/t6-/m1/s1. The molecule has 78 valence electrons. The van der Waals surface area contributed by atoms with Gasteiger partial charge in [0.15, 0.2) is 0 Å². The molecule has 0 aliphatic carbocycles. The molecule has 0 aliphatic heterocycles. The fourth-order valence-corrected chi connectivity index (χ4v) is 1.36. The molecule has 0 amide bonds. The maximum Gasteiger partial charge on any atom is 0.252 e. The van der Waals surface area contributed by atoms with Crippen LogP contribution < -0.4 is 10.1 Å². The number of nitrogens with zero attached hydrogens (tertiary/aromatic N) is 2. The van der Waals surface area contributed by atoms with Crippen LogP contribution >= 0.6 is 11.6 Å². The molecular weight excluding hydrogens is 202 g/mol. The van der Waals surface area contributed by atoms with Crippen molar-refractivity contribution in [1.82, 2.24) is 15.5 Å². The van der Waals surface area contributed by atoms with Crippen molar-refractivity contribution in [1.29, 1.82) is 0 Å². The molecule has 1 N–H and O–H groups in total. The van der Waals surface area contributed by atoms with Crippen molar-refractivity contribution in [2.24, 2.45) is 0 Å². The summed E-state index contributed by atoms with van der Waals surface area (Å²) < 4.78 is 4.91. The zero-order chi connectivity index (χ0) is 10.6. The van der Waals surface area contributed by atoms with E-state index in [0.29, 0.717) is 10.9 Å². The van der Waals surface area contributed by atoms with Gasteiger partial charge in [-0.1, -0.05) is 18.5 Å². The Morgan fingerprint density at radius 3 is 2.79 bits per heavy atom. The Bertz CT molecular complexity index is 306. The first kappa shape index (κ1) is 11.2. The fraction of sp³-hybridized carbons (Fsp3) is 0.556. The van der Waals surface area contributed by atoms with Crippen LogP contribution in [0.4, 0.5) is 0 Å². The molecule has 0 radical (unpaired) electrons. The molecule has 1 aromatic rings. The third-order valence-corrected chi connectivity index (χ3v) is 2.15. The second kappa shape index (κ2) is 5.12. The largest absolute Gasteiger partial charge is 0.479 e. The van der Waals surface area contributed by atoms with Crippen molar-refractivity contribution in [3.63, 3.8) is 0 Å². The minimum atomic E-state index is 0.149. The summed E-state index contributed by atoms with van der Waals surface area (Å²) in [6, 6.07) is 1.91. The van der Waals surface area contributed by atoms with Gasteiger partial charge in [-0.3, -0.25) is 0 Å². The van der Waals surface area contributed by atoms with Gasteiger partial charge in [0.05, 0.1) is 12.8 Å². The van der Waals surface area contributed by atoms with E-state index in [1.165, 1.54) is 7.11 Å². The van der Waals surface area contributed by atoms with Crippen molar-refractivity contribution < 1.29 is 4.74 Å². The molecular formula is C9H14ClN3O. The zero-order valence-corrected chi connectivity index (χ0v) is 9.30. The van der Waals surface area contributed by atoms with E-state index in [1.807, 2.05) is 13.8 Å². The van der Waals surface area contributed by atoms with Gasteiger partial charge in [0, 0.05) is 6.04 Å². The Labute approximate surface area is 88.6 Å². The molecule has 0 saturated carbocycles. The topological polar surface area (TPSA) is 47.0 Å². The van der Waals surface area contributed by atoms with E-state index in [9.17, 15) is 0 Å². The maximum atomic E-state index is 5.92. The van der Waals surface area contributed by atoms with E-state index >= 15 is 0 Å². The summed E-state index contributed by atoms with van der Waals surface area (Å²) in [5.41, 5.74) is 0.817. The Kier molecular flexibility index (Phi) is 4.10. The van der Waals surface area contributed by atoms with Crippen LogP contribution in [0, 0.1) is 0 Å². The molecule has 5 heteroatoms. The number of hydrogen-bond acceptors (Lipinski definition) is 4. The second-order valence-electron chi connectivity index (χ2n) is 2.91. The minimum Gasteiger partial charge on any atom is -0.479 e. The number of methoxy groups -OCH3 is 1. The lowest BCUT2D eigenvalue weighted by Gasteiger charge is -2.11. The quantitative estimate of drug-likeness (QED) is 0.832. The van der Waals surface area contributed by atoms with Crippen LogP contribution in [-0.2, 0) is 0 Å². The van der Waals surface area contributed by atoms with Crippen LogP contribution in [0.15, 0.2) is 6.07 Å². The Morgan fingerprint density at radius 1 is 1.57 bits per heavy atom. The summed E-state index contributed by atoms with van der Waals surface area (Å²) in [6.45, 7) is 4.93. The Morgan fingerprint density at radius 2 is 2.29 bits per heavy atom. The number of rotatable bonds is 4. The highest BCUT2D eigenvalue weighted by Gasteiger charge is 2.09. The molecule has 0 aliphatic rings. The summed E-state index contributed by atoms with van der Waals surface area (Å²) in [6.07, 6.45) is 0. The van der Waals surface area contributed by atoms with E-state index < -0.39 is 0 Å². The van der Waals surface area contributed by atoms with Crippen LogP contribution in [0.1, 0.15) is 25.6 Å². The smallest absolute Gasteiger partial charge is 0.252 e. The van der Waals surface area contributed by atoms with Crippen LogP contribution in [0.25, 0.3) is 0 Å². The average molecular weight is 216 g/mol. The van der Waals surface area contributed by atoms with Gasteiger partial charge in [-0.2, -0.15) is 5.10 Å². The number of nitrogens with one attached hydrogen (secondary N) is 1. The number of halogens is 1. The summed E-state index contributed by atoms with van der Waals surface area (Å²) in [4.78, 5) is 0. The molecule has 14 heavy (non-hydrogen) atoms. The predicted molar refractivity (Wildman–Crippen MR) is 55.7 cm³/mol. The van der Waals surface area contributed by atoms with Gasteiger partial charge in [0.2, 0.25) is 0 Å². The van der Waals surface area contributed by atoms with Crippen molar-refractivity contribution in [2.45, 2.75) is 19.9 Å². The van der Waals surface area contributed by atoms with Crippen molar-refractivity contribution in [2.75, 3.05) is 13.7 Å². The zero-order valence-electron chi connectivity index (χ0n) is 8.54. The molecule has 0 spiro atoms. The summed E-state index contributed by atoms with van der Waals surface area (Å²) >= 11 is 5.92. The number of aromatic nitrogens is 2. The molecule has 0 bridgehead atoms. The van der Waals surface area contributed by atoms with E-state index in [2.05, 4.69) is 15.5 Å². The van der Waals surface area contributed by atoms with Gasteiger partial charge in [-0.15, -0.1) is 5.10 Å². The highest BCUT2D eigenvalue weighted by molar-refractivity contribution is 6.31. The van der Waals surface area contributed by atoms with E-state index in [0.717, 1.165) is 12.2 Å². The molecule has 1 atom stereocenters. The molecule has 1 rings (SSSR count). The number of hydrogen-bond donors (Lipinski definition) is 1. The van der Waals surface area contributed by atoms with E-state index in [1.54, 1.807) is 6.07 Å². The van der Waals surface area contributed by atoms with Crippen LogP contribution in [-0.4, -0.2) is 23.9 Å². The third-order valence-electron chi connectivity index (χ3n) is 1.88. The summed E-state index contributed by atoms with van der Waals surface area (Å²) in [7, 11) is 1.52. The van der Waals surface area contributed by atoms with Crippen molar-refractivity contribution in [3.8, 4) is 5.88 Å². The van der Waals surface area contributed by atoms with E-state index in [4.69, 9.17) is 16.3 Å². The molecule has 0 unspecified atom stereocenters. The second-order valence-corrected chi connectivity index (χ2v) is 3.31. The van der Waals surface area contributed by atoms with Crippen molar-refractivity contribution >= 4 is 11.6 Å². The first-order valence-electron chi connectivity index (χ1n) is 4.49. The number of ether oxygens (including phenoxy) is 1. The van der Waals surface area contributed by atoms with Gasteiger partial charge in [-0.05, 0) is 19.5 Å². The lowest BCUT2D eigenvalue weighted by molar-refractivity contribution is 0.390. The van der Waals surface area contributed by atoms with Gasteiger partial charge in [0.25, 0.3) is 5.88 Å². The fourth-order valence-electron chi connectivity index (χ4n) is 1.13. The lowest BCUT2D eigenvalue weighted by Crippen LogP contribution is -2.19. The maximum absolute atomic E-state index is 5.92. The summed E-state index contributed by atoms with van der Waals surface area (Å²) in [5.74, 6) is 0.360. The molecule has 0 aromatic carbocycles. The minimum absolute atomic E-state index is 0.149. The SMILES string of the molecule is CCN[C@H](C)c1cc(Cl)c(OC)nn1. The Balaban J connectivity index is 2.85. The Hall–Kier alpha value is -0.870. The molecule has 1 aromatic heterocycles. The predicted octanol–water partition coefficient (Wildman–Crippen LogP) is 1.81. The lowest BCUT2D eigenvalue weighted by atomic mass is 10.2. The van der Waals surface area contributed by atoms with Gasteiger partial charge < -0.3 is 10.1 Å². The molecule has 0 saturated heterocycles. The highest BCUT2D eigenvalue weighted by Crippen LogP contribution is 2.22. The average Bonchev–Trinajstić information content (AvgIpc) is 2.18. The third kappa shape index (κ3) is 2.56. The normalized spacial score (nSPS) is 12.6. The van der Waals surface area contributed by atoms with Crippen molar-refractivity contribution in [3.05, 3.63) is 16.8 Å². The van der Waals surface area contributed by atoms with Crippen LogP contribution in [0.3, 0.4) is 0 Å². The van der Waals surface area contributed by atoms with Gasteiger partial charge >= 0.3 is 0 Å². The molecule has 0 fully saturated rings. The van der Waals surface area contributed by atoms with E-state index in [-0.39, 0.29) is 6.04 Å². The summed E-state index contributed by atoms with van der Waals surface area (Å²) in [5, 5.41) is 11.6. The first-order valence-corrected chi connectivity index (χ1v) is 4.87. The van der Waals surface area contributed by atoms with Crippen LogP contribution in [0.2, 0.25) is 5.02 Å². The molecule has 1 heterocycles. The monoisotopic (exact) mass is 215 g/mol. The first-order chi connectivity index (χ1) is 6.69.